The number of carbonyl (C=O) groups excluding carboxylic acids is 1. The van der Waals surface area contributed by atoms with Crippen molar-refractivity contribution >= 4 is 17.1 Å². The lowest BCUT2D eigenvalue weighted by Crippen LogP contribution is -2.21. The highest BCUT2D eigenvalue weighted by Crippen LogP contribution is 2.24. The van der Waals surface area contributed by atoms with Gasteiger partial charge >= 0.3 is 0 Å². The summed E-state index contributed by atoms with van der Waals surface area (Å²) in [7, 11) is 0. The van der Waals surface area contributed by atoms with E-state index in [0.717, 1.165) is 5.56 Å². The summed E-state index contributed by atoms with van der Waals surface area (Å²) in [6.07, 6.45) is -0.533. The highest BCUT2D eigenvalue weighted by atomic mass is 32.2. The Morgan fingerprint density at radius 3 is 2.79 bits per heavy atom. The fraction of sp³-hybridized carbons (Fsp3) is 0.222. The van der Waals surface area contributed by atoms with E-state index in [1.165, 1.54) is 0 Å². The zero-order chi connectivity index (χ0) is 10.1. The second-order valence-corrected chi connectivity index (χ2v) is 3.62. The Morgan fingerprint density at radius 2 is 2.14 bits per heavy atom. The van der Waals surface area contributed by atoms with E-state index in [1.54, 1.807) is 18.2 Å². The van der Waals surface area contributed by atoms with E-state index in [9.17, 15) is 13.6 Å². The molecule has 74 valence electrons. The molecule has 0 saturated carbocycles. The number of ketones is 1. The van der Waals surface area contributed by atoms with E-state index < -0.39 is 17.5 Å². The van der Waals surface area contributed by atoms with Crippen LogP contribution in [0.4, 0.5) is 0 Å². The summed E-state index contributed by atoms with van der Waals surface area (Å²) in [4.78, 5) is 11.5. The minimum absolute atomic E-state index is 0.259. The molecule has 0 aromatic heterocycles. The van der Waals surface area contributed by atoms with Crippen molar-refractivity contribution < 1.29 is 17.7 Å². The number of Topliss-reactive ketones (excluding diaryl/α,β-unsaturated/α-hetero) is 1. The molecule has 0 saturated heterocycles. The first kappa shape index (κ1) is 9.51. The highest BCUT2D eigenvalue weighted by Gasteiger charge is 2.31. The maximum atomic E-state index is 11.5. The van der Waals surface area contributed by atoms with Crippen LogP contribution in [0.1, 0.15) is 15.9 Å². The molecule has 0 bridgehead atoms. The summed E-state index contributed by atoms with van der Waals surface area (Å²) in [6.45, 7) is 0. The van der Waals surface area contributed by atoms with Crippen molar-refractivity contribution in [3.05, 3.63) is 35.4 Å². The molecule has 0 amide bonds. The minimum Gasteiger partial charge on any atom is -0.750 e. The molecule has 4 nitrogen and oxygen atoms in total. The van der Waals surface area contributed by atoms with E-state index in [0.29, 0.717) is 12.0 Å². The number of carbonyl (C=O) groups is 1. The largest absolute Gasteiger partial charge is 0.750 e. The van der Waals surface area contributed by atoms with Crippen LogP contribution in [-0.4, -0.2) is 20.6 Å². The normalized spacial score (nSPS) is 22.1. The van der Waals surface area contributed by atoms with Gasteiger partial charge in [0.1, 0.15) is 6.10 Å². The van der Waals surface area contributed by atoms with Gasteiger partial charge in [-0.25, -0.2) is 4.21 Å². The molecule has 1 aliphatic rings. The van der Waals surface area contributed by atoms with Gasteiger partial charge in [-0.15, -0.1) is 0 Å². The fourth-order valence-corrected chi connectivity index (χ4v) is 1.92. The Balaban J connectivity index is 2.26. The third-order valence-corrected chi connectivity index (χ3v) is 2.56. The van der Waals surface area contributed by atoms with Crippen LogP contribution >= 0.6 is 0 Å². The van der Waals surface area contributed by atoms with E-state index in [2.05, 4.69) is 4.18 Å². The molecule has 2 rings (SSSR count). The molecular weight excluding hydrogens is 204 g/mol. The first-order chi connectivity index (χ1) is 6.68. The Morgan fingerprint density at radius 1 is 1.43 bits per heavy atom. The first-order valence-corrected chi connectivity index (χ1v) is 5.07. The van der Waals surface area contributed by atoms with Crippen molar-refractivity contribution in [1.29, 1.82) is 0 Å². The number of rotatable bonds is 2. The lowest BCUT2D eigenvalue weighted by Gasteiger charge is -2.10. The van der Waals surface area contributed by atoms with Crippen LogP contribution in [-0.2, 0) is 22.0 Å². The summed E-state index contributed by atoms with van der Waals surface area (Å²) < 4.78 is 25.0. The predicted octanol–water partition coefficient (Wildman–Crippen LogP) is 0.605. The summed E-state index contributed by atoms with van der Waals surface area (Å²) in [5.74, 6) is -0.259. The Kier molecular flexibility index (Phi) is 2.45. The van der Waals surface area contributed by atoms with Crippen LogP contribution in [0.15, 0.2) is 24.3 Å². The molecule has 0 spiro atoms. The van der Waals surface area contributed by atoms with Gasteiger partial charge in [-0.3, -0.25) is 8.98 Å². The average Bonchev–Trinajstić information content (AvgIpc) is 2.44. The van der Waals surface area contributed by atoms with Gasteiger partial charge in [0, 0.05) is 12.0 Å². The zero-order valence-corrected chi connectivity index (χ0v) is 7.95. The molecule has 0 heterocycles. The molecule has 1 aromatic carbocycles. The molecule has 0 aliphatic heterocycles. The lowest BCUT2D eigenvalue weighted by molar-refractivity contribution is 0.0824. The summed E-state index contributed by atoms with van der Waals surface area (Å²) >= 11 is -2.64. The smallest absolute Gasteiger partial charge is 0.193 e. The van der Waals surface area contributed by atoms with Crippen molar-refractivity contribution in [1.82, 2.24) is 0 Å². The van der Waals surface area contributed by atoms with Gasteiger partial charge in [0.25, 0.3) is 0 Å². The number of fused-ring (bicyclic) bond motifs is 1. The van der Waals surface area contributed by atoms with Crippen molar-refractivity contribution in [2.45, 2.75) is 12.5 Å². The van der Waals surface area contributed by atoms with Gasteiger partial charge < -0.3 is 4.55 Å². The molecule has 1 aromatic rings. The predicted molar refractivity (Wildman–Crippen MR) is 48.3 cm³/mol. The fourth-order valence-electron chi connectivity index (χ4n) is 1.58. The second-order valence-electron chi connectivity index (χ2n) is 3.01. The third-order valence-electron chi connectivity index (χ3n) is 2.18. The third kappa shape index (κ3) is 1.61. The van der Waals surface area contributed by atoms with Gasteiger partial charge in [-0.2, -0.15) is 0 Å². The van der Waals surface area contributed by atoms with Gasteiger partial charge in [-0.1, -0.05) is 24.3 Å². The molecular formula is C9H7O4S-. The molecule has 14 heavy (non-hydrogen) atoms. The Hall–Kier alpha value is -1.04. The maximum absolute atomic E-state index is 11.5. The van der Waals surface area contributed by atoms with Crippen LogP contribution in [0.5, 0.6) is 0 Å². The SMILES string of the molecule is O=C1c2ccccc2CC1OS(=O)[O-]. The van der Waals surface area contributed by atoms with Gasteiger partial charge in [-0.05, 0) is 5.56 Å². The number of hydrogen-bond acceptors (Lipinski definition) is 4. The highest BCUT2D eigenvalue weighted by molar-refractivity contribution is 7.74. The topological polar surface area (TPSA) is 66.4 Å². The lowest BCUT2D eigenvalue weighted by atomic mass is 10.1. The molecule has 2 atom stereocenters. The zero-order valence-electron chi connectivity index (χ0n) is 7.14. The maximum Gasteiger partial charge on any atom is 0.193 e. The minimum atomic E-state index is -2.64. The summed E-state index contributed by atoms with van der Waals surface area (Å²) in [5.41, 5.74) is 1.40. The first-order valence-electron chi connectivity index (χ1n) is 4.07. The van der Waals surface area contributed by atoms with Gasteiger partial charge in [0.15, 0.2) is 5.78 Å². The van der Waals surface area contributed by atoms with Crippen molar-refractivity contribution in [3.8, 4) is 0 Å². The number of benzene rings is 1. The van der Waals surface area contributed by atoms with Crippen LogP contribution in [0, 0.1) is 0 Å². The Labute approximate surface area is 83.4 Å². The van der Waals surface area contributed by atoms with E-state index in [4.69, 9.17) is 0 Å². The molecule has 0 fully saturated rings. The average molecular weight is 211 g/mol. The van der Waals surface area contributed by atoms with E-state index in [-0.39, 0.29) is 5.78 Å². The summed E-state index contributed by atoms with van der Waals surface area (Å²) in [6, 6.07) is 7.02. The van der Waals surface area contributed by atoms with Crippen molar-refractivity contribution in [2.24, 2.45) is 0 Å². The van der Waals surface area contributed by atoms with Crippen LogP contribution in [0.25, 0.3) is 0 Å². The van der Waals surface area contributed by atoms with Gasteiger partial charge in [0.05, 0.1) is 11.4 Å². The summed E-state index contributed by atoms with van der Waals surface area (Å²) in [5, 5.41) is 0. The molecule has 0 N–H and O–H groups in total. The van der Waals surface area contributed by atoms with Crippen LogP contribution in [0.3, 0.4) is 0 Å². The van der Waals surface area contributed by atoms with Gasteiger partial charge in [0.2, 0.25) is 0 Å². The monoisotopic (exact) mass is 211 g/mol. The molecule has 1 aliphatic carbocycles. The standard InChI is InChI=1S/C9H8O4S/c10-9-7-4-2-1-3-6(7)5-8(9)13-14(11)12/h1-4,8H,5H2,(H,11,12)/p-1. The van der Waals surface area contributed by atoms with Crippen LogP contribution < -0.4 is 0 Å². The molecule has 5 heteroatoms. The van der Waals surface area contributed by atoms with Crippen molar-refractivity contribution in [2.75, 3.05) is 0 Å². The second kappa shape index (κ2) is 3.61. The van der Waals surface area contributed by atoms with Crippen molar-refractivity contribution in [3.63, 3.8) is 0 Å². The van der Waals surface area contributed by atoms with E-state index >= 15 is 0 Å². The van der Waals surface area contributed by atoms with E-state index in [1.807, 2.05) is 6.07 Å². The Bertz CT molecular complexity index is 402. The molecule has 0 radical (unpaired) electrons. The quantitative estimate of drug-likeness (QED) is 0.672. The van der Waals surface area contributed by atoms with Crippen LogP contribution in [0.2, 0.25) is 0 Å². The number of hydrogen-bond donors (Lipinski definition) is 0. The molecule has 2 unspecified atom stereocenters.